The molecule has 0 atom stereocenters. The molecule has 5 aromatic rings. The molecule has 2 N–H and O–H groups in total. The van der Waals surface area contributed by atoms with E-state index in [1.54, 1.807) is 22.8 Å². The van der Waals surface area contributed by atoms with Crippen LogP contribution in [0.3, 0.4) is 0 Å². The third-order valence-electron chi connectivity index (χ3n) is 5.10. The minimum atomic E-state index is -3.99. The van der Waals surface area contributed by atoms with Crippen molar-refractivity contribution >= 4 is 49.5 Å². The third-order valence-corrected chi connectivity index (χ3v) is 7.15. The Balaban J connectivity index is 1.83. The number of benzene rings is 3. The molecule has 0 saturated carbocycles. The summed E-state index contributed by atoms with van der Waals surface area (Å²) in [6.07, 6.45) is 0. The minimum absolute atomic E-state index is 0.0559. The predicted octanol–water partition coefficient (Wildman–Crippen LogP) is 4.70. The molecule has 154 valence electrons. The van der Waals surface area contributed by atoms with E-state index in [1.165, 1.54) is 12.1 Å². The number of aromatic nitrogens is 3. The van der Waals surface area contributed by atoms with Crippen LogP contribution in [0.1, 0.15) is 5.56 Å². The quantitative estimate of drug-likeness (QED) is 0.430. The lowest BCUT2D eigenvalue weighted by Crippen LogP contribution is -2.09. The fourth-order valence-electron chi connectivity index (χ4n) is 3.63. The van der Waals surface area contributed by atoms with Gasteiger partial charge in [-0.05, 0) is 35.9 Å². The Hall–Kier alpha value is -3.42. The molecule has 0 saturated heterocycles. The summed E-state index contributed by atoms with van der Waals surface area (Å²) in [5.74, 6) is 0.0918. The van der Waals surface area contributed by atoms with Crippen LogP contribution in [-0.4, -0.2) is 23.0 Å². The molecule has 0 aliphatic carbocycles. The first-order chi connectivity index (χ1) is 14.9. The molecule has 6 nitrogen and oxygen atoms in total. The van der Waals surface area contributed by atoms with Crippen LogP contribution in [0.2, 0.25) is 5.02 Å². The van der Waals surface area contributed by atoms with Crippen LogP contribution in [0.5, 0.6) is 0 Å². The van der Waals surface area contributed by atoms with Gasteiger partial charge in [-0.2, -0.15) is 0 Å². The topological polar surface area (TPSA) is 90.9 Å². The molecule has 0 amide bonds. The van der Waals surface area contributed by atoms with Crippen molar-refractivity contribution in [2.75, 3.05) is 5.73 Å². The summed E-state index contributed by atoms with van der Waals surface area (Å²) in [4.78, 5) is 9.35. The van der Waals surface area contributed by atoms with Crippen molar-refractivity contribution in [2.24, 2.45) is 0 Å². The highest BCUT2D eigenvalue weighted by Gasteiger charge is 2.30. The van der Waals surface area contributed by atoms with Gasteiger partial charge in [-0.1, -0.05) is 60.1 Å². The summed E-state index contributed by atoms with van der Waals surface area (Å²) in [5, 5.41) is 0.323. The number of hydrogen-bond acceptors (Lipinski definition) is 5. The first kappa shape index (κ1) is 19.5. The van der Waals surface area contributed by atoms with E-state index in [9.17, 15) is 8.42 Å². The maximum absolute atomic E-state index is 13.6. The first-order valence-electron chi connectivity index (χ1n) is 9.54. The van der Waals surface area contributed by atoms with Gasteiger partial charge in [0.15, 0.2) is 5.65 Å². The van der Waals surface area contributed by atoms with E-state index in [0.717, 1.165) is 5.56 Å². The van der Waals surface area contributed by atoms with Gasteiger partial charge in [-0.15, -0.1) is 0 Å². The van der Waals surface area contributed by atoms with Gasteiger partial charge in [-0.3, -0.25) is 0 Å². The molecule has 0 aliphatic heterocycles. The number of sulfone groups is 1. The largest absolute Gasteiger partial charge is 0.384 e. The van der Waals surface area contributed by atoms with Crippen LogP contribution in [0, 0.1) is 0 Å². The van der Waals surface area contributed by atoms with Gasteiger partial charge in [0, 0.05) is 5.02 Å². The van der Waals surface area contributed by atoms with Crippen LogP contribution in [-0.2, 0) is 16.4 Å². The van der Waals surface area contributed by atoms with Crippen LogP contribution in [0.25, 0.3) is 22.2 Å². The second kappa shape index (κ2) is 7.37. The number of fused-ring (bicyclic) bond motifs is 2. The summed E-state index contributed by atoms with van der Waals surface area (Å²) >= 11 is 6.06. The van der Waals surface area contributed by atoms with Crippen molar-refractivity contribution in [3.8, 4) is 0 Å². The molecule has 0 radical (unpaired) electrons. The zero-order valence-corrected chi connectivity index (χ0v) is 17.8. The Labute approximate surface area is 183 Å². The molecule has 0 fully saturated rings. The second-order valence-corrected chi connectivity index (χ2v) is 9.45. The maximum atomic E-state index is 13.6. The summed E-state index contributed by atoms with van der Waals surface area (Å²) in [5.41, 5.74) is 9.34. The van der Waals surface area contributed by atoms with E-state index in [0.29, 0.717) is 28.2 Å². The van der Waals surface area contributed by atoms with Crippen molar-refractivity contribution < 1.29 is 8.42 Å². The SMILES string of the molecule is Nc1c(S(=O)(=O)c2cccc(Cl)c2)c2nc3ccccc3nc2n1Cc1ccccc1. The Kier molecular flexibility index (Phi) is 4.64. The molecule has 0 unspecified atom stereocenters. The van der Waals surface area contributed by atoms with Crippen LogP contribution in [0.15, 0.2) is 88.7 Å². The lowest BCUT2D eigenvalue weighted by Gasteiger charge is -2.08. The molecule has 5 rings (SSSR count). The van der Waals surface area contributed by atoms with Crippen molar-refractivity contribution in [3.05, 3.63) is 89.4 Å². The molecule has 0 bridgehead atoms. The summed E-state index contributed by atoms with van der Waals surface area (Å²) in [7, 11) is -3.99. The summed E-state index contributed by atoms with van der Waals surface area (Å²) < 4.78 is 28.9. The molecule has 8 heteroatoms. The highest BCUT2D eigenvalue weighted by atomic mass is 35.5. The number of hydrogen-bond donors (Lipinski definition) is 1. The number of rotatable bonds is 4. The molecular formula is C23H17ClN4O2S. The predicted molar refractivity (Wildman–Crippen MR) is 122 cm³/mol. The molecule has 0 aliphatic rings. The maximum Gasteiger partial charge on any atom is 0.212 e. The van der Waals surface area contributed by atoms with Crippen molar-refractivity contribution in [1.29, 1.82) is 0 Å². The monoisotopic (exact) mass is 448 g/mol. The Morgan fingerprint density at radius 3 is 2.26 bits per heavy atom. The number of para-hydroxylation sites is 2. The zero-order valence-electron chi connectivity index (χ0n) is 16.2. The van der Waals surface area contributed by atoms with Gasteiger partial charge in [0.05, 0.1) is 22.5 Å². The van der Waals surface area contributed by atoms with Crippen molar-refractivity contribution in [2.45, 2.75) is 16.3 Å². The van der Waals surface area contributed by atoms with Gasteiger partial charge in [-0.25, -0.2) is 18.4 Å². The Bertz CT molecular complexity index is 1550. The van der Waals surface area contributed by atoms with Crippen LogP contribution in [0.4, 0.5) is 5.82 Å². The smallest absolute Gasteiger partial charge is 0.212 e. The van der Waals surface area contributed by atoms with Gasteiger partial charge in [0.2, 0.25) is 9.84 Å². The number of nitrogens with zero attached hydrogens (tertiary/aromatic N) is 3. The fourth-order valence-corrected chi connectivity index (χ4v) is 5.44. The van der Waals surface area contributed by atoms with E-state index >= 15 is 0 Å². The average molecular weight is 449 g/mol. The summed E-state index contributed by atoms with van der Waals surface area (Å²) in [6.45, 7) is 0.362. The van der Waals surface area contributed by atoms with Crippen molar-refractivity contribution in [3.63, 3.8) is 0 Å². The standard InChI is InChI=1S/C23H17ClN4O2S/c24-16-9-6-10-17(13-16)31(29,30)21-20-23(27-19-12-5-4-11-18(19)26-20)28(22(21)25)14-15-7-2-1-3-8-15/h1-13H,14,25H2. The molecule has 31 heavy (non-hydrogen) atoms. The molecule has 2 aromatic heterocycles. The summed E-state index contributed by atoms with van der Waals surface area (Å²) in [6, 6.07) is 23.1. The average Bonchev–Trinajstić information content (AvgIpc) is 3.04. The zero-order chi connectivity index (χ0) is 21.6. The highest BCUT2D eigenvalue weighted by molar-refractivity contribution is 7.92. The number of halogens is 1. The van der Waals surface area contributed by atoms with Crippen LogP contribution < -0.4 is 5.73 Å². The lowest BCUT2D eigenvalue weighted by atomic mass is 10.2. The van der Waals surface area contributed by atoms with E-state index < -0.39 is 9.84 Å². The van der Waals surface area contributed by atoms with E-state index in [1.807, 2.05) is 48.5 Å². The van der Waals surface area contributed by atoms with Gasteiger partial charge in [0.25, 0.3) is 0 Å². The number of anilines is 1. The van der Waals surface area contributed by atoms with Crippen molar-refractivity contribution in [1.82, 2.24) is 14.5 Å². The molecule has 0 spiro atoms. The Morgan fingerprint density at radius 1 is 0.871 bits per heavy atom. The highest BCUT2D eigenvalue weighted by Crippen LogP contribution is 2.36. The van der Waals surface area contributed by atoms with Gasteiger partial charge >= 0.3 is 0 Å². The number of nitrogen functional groups attached to an aromatic ring is 1. The first-order valence-corrected chi connectivity index (χ1v) is 11.4. The van der Waals surface area contributed by atoms with E-state index in [2.05, 4.69) is 4.98 Å². The minimum Gasteiger partial charge on any atom is -0.384 e. The normalized spacial score (nSPS) is 11.9. The molecule has 3 aromatic carbocycles. The molecular weight excluding hydrogens is 432 g/mol. The van der Waals surface area contributed by atoms with E-state index in [-0.39, 0.29) is 21.1 Å². The van der Waals surface area contributed by atoms with E-state index in [4.69, 9.17) is 22.3 Å². The second-order valence-electron chi connectivity index (χ2n) is 7.13. The Morgan fingerprint density at radius 2 is 1.55 bits per heavy atom. The fraction of sp³-hybridized carbons (Fsp3) is 0.0435. The van der Waals surface area contributed by atoms with Gasteiger partial charge in [0.1, 0.15) is 16.2 Å². The third kappa shape index (κ3) is 3.32. The van der Waals surface area contributed by atoms with Crippen LogP contribution >= 0.6 is 11.6 Å². The molecule has 2 heterocycles. The number of nitrogens with two attached hydrogens (primary N) is 1. The van der Waals surface area contributed by atoms with Gasteiger partial charge < -0.3 is 10.3 Å². The lowest BCUT2D eigenvalue weighted by molar-refractivity contribution is 0.597.